The van der Waals surface area contributed by atoms with E-state index in [-0.39, 0.29) is 11.8 Å². The first-order chi connectivity index (χ1) is 12.0. The van der Waals surface area contributed by atoms with Crippen LogP contribution in [0, 0.1) is 0 Å². The molecule has 0 bridgehead atoms. The zero-order chi connectivity index (χ0) is 18.2. The molecule has 1 unspecified atom stereocenters. The molecule has 1 aromatic carbocycles. The highest BCUT2D eigenvalue weighted by Crippen LogP contribution is 2.13. The molecule has 1 saturated heterocycles. The summed E-state index contributed by atoms with van der Waals surface area (Å²) in [7, 11) is 0. The number of hydrogen-bond acceptors (Lipinski definition) is 4. The number of nitrogens with zero attached hydrogens (tertiary/aromatic N) is 2. The number of carbonyl (C=O) groups is 2. The van der Waals surface area contributed by atoms with E-state index < -0.39 is 6.04 Å². The van der Waals surface area contributed by atoms with Crippen LogP contribution in [0.5, 0.6) is 0 Å². The number of ether oxygens (including phenoxy) is 1. The number of benzene rings is 1. The van der Waals surface area contributed by atoms with Gasteiger partial charge in [0, 0.05) is 44.7 Å². The molecule has 1 fully saturated rings. The molecule has 1 atom stereocenters. The largest absolute Gasteiger partial charge is 0.379 e. The normalized spacial score (nSPS) is 16.3. The van der Waals surface area contributed by atoms with Gasteiger partial charge in [0.25, 0.3) is 0 Å². The van der Waals surface area contributed by atoms with E-state index in [0.29, 0.717) is 18.1 Å². The van der Waals surface area contributed by atoms with Gasteiger partial charge < -0.3 is 15.0 Å². The van der Waals surface area contributed by atoms with Crippen LogP contribution >= 0.6 is 11.6 Å². The lowest BCUT2D eigenvalue weighted by Crippen LogP contribution is -2.49. The van der Waals surface area contributed by atoms with E-state index in [0.717, 1.165) is 38.4 Å². The summed E-state index contributed by atoms with van der Waals surface area (Å²) in [5, 5.41) is 3.57. The number of halogens is 1. The molecule has 1 aliphatic rings. The number of morpholine rings is 1. The molecule has 0 spiro atoms. The highest BCUT2D eigenvalue weighted by atomic mass is 35.5. The summed E-state index contributed by atoms with van der Waals surface area (Å²) in [5.74, 6) is -0.275. The molecule has 0 radical (unpaired) electrons. The molecule has 7 heteroatoms. The Balaban J connectivity index is 1.85. The molecule has 25 heavy (non-hydrogen) atoms. The van der Waals surface area contributed by atoms with Gasteiger partial charge in [0.05, 0.1) is 13.2 Å². The van der Waals surface area contributed by atoms with Crippen molar-refractivity contribution in [1.82, 2.24) is 15.1 Å². The summed E-state index contributed by atoms with van der Waals surface area (Å²) < 4.78 is 5.31. The molecule has 2 amide bonds. The lowest BCUT2D eigenvalue weighted by Gasteiger charge is -2.29. The lowest BCUT2D eigenvalue weighted by molar-refractivity contribution is -0.139. The van der Waals surface area contributed by atoms with E-state index in [1.165, 1.54) is 6.92 Å². The Labute approximate surface area is 154 Å². The Morgan fingerprint density at radius 1 is 1.28 bits per heavy atom. The molecule has 0 aromatic heterocycles. The highest BCUT2D eigenvalue weighted by Gasteiger charge is 2.23. The fraction of sp³-hybridized carbons (Fsp3) is 0.556. The van der Waals surface area contributed by atoms with E-state index >= 15 is 0 Å². The van der Waals surface area contributed by atoms with Crippen molar-refractivity contribution in [2.24, 2.45) is 0 Å². The van der Waals surface area contributed by atoms with Gasteiger partial charge in [-0.15, -0.1) is 0 Å². The van der Waals surface area contributed by atoms with Crippen LogP contribution < -0.4 is 5.32 Å². The van der Waals surface area contributed by atoms with Crippen molar-refractivity contribution in [2.75, 3.05) is 39.4 Å². The predicted molar refractivity (Wildman–Crippen MR) is 97.4 cm³/mol. The maximum absolute atomic E-state index is 12.4. The van der Waals surface area contributed by atoms with Crippen LogP contribution in [0.25, 0.3) is 0 Å². The Kier molecular flexibility index (Phi) is 7.68. The predicted octanol–water partition coefficient (Wildman–Crippen LogP) is 1.53. The monoisotopic (exact) mass is 367 g/mol. The van der Waals surface area contributed by atoms with Gasteiger partial charge in [0.2, 0.25) is 11.8 Å². The minimum absolute atomic E-state index is 0.134. The Morgan fingerprint density at radius 2 is 1.92 bits per heavy atom. The standard InChI is InChI=1S/C18H26ClN3O3/c1-14(18(24)20-7-8-21-9-11-25-12-10-21)22(15(2)23)13-16-3-5-17(19)6-4-16/h3-6,14H,7-13H2,1-2H3,(H,20,24). The summed E-state index contributed by atoms with van der Waals surface area (Å²) in [4.78, 5) is 28.2. The fourth-order valence-electron chi connectivity index (χ4n) is 2.76. The van der Waals surface area contributed by atoms with Gasteiger partial charge in [-0.2, -0.15) is 0 Å². The van der Waals surface area contributed by atoms with E-state index in [4.69, 9.17) is 16.3 Å². The van der Waals surface area contributed by atoms with Gasteiger partial charge in [-0.3, -0.25) is 14.5 Å². The average Bonchev–Trinajstić information content (AvgIpc) is 2.61. The minimum Gasteiger partial charge on any atom is -0.379 e. The third-order valence-corrected chi connectivity index (χ3v) is 4.60. The number of amides is 2. The van der Waals surface area contributed by atoms with E-state index in [2.05, 4.69) is 10.2 Å². The van der Waals surface area contributed by atoms with Crippen LogP contribution in [-0.4, -0.2) is 67.0 Å². The van der Waals surface area contributed by atoms with Crippen molar-refractivity contribution in [2.45, 2.75) is 26.4 Å². The Bertz CT molecular complexity index is 573. The second kappa shape index (κ2) is 9.75. The van der Waals surface area contributed by atoms with E-state index in [1.807, 2.05) is 12.1 Å². The highest BCUT2D eigenvalue weighted by molar-refractivity contribution is 6.30. The topological polar surface area (TPSA) is 61.9 Å². The zero-order valence-electron chi connectivity index (χ0n) is 14.8. The fourth-order valence-corrected chi connectivity index (χ4v) is 2.88. The molecular formula is C18H26ClN3O3. The van der Waals surface area contributed by atoms with E-state index in [1.54, 1.807) is 24.0 Å². The van der Waals surface area contributed by atoms with Gasteiger partial charge in [0.15, 0.2) is 0 Å². The SMILES string of the molecule is CC(=O)N(Cc1ccc(Cl)cc1)C(C)C(=O)NCCN1CCOCC1. The quantitative estimate of drug-likeness (QED) is 0.793. The molecule has 1 aromatic rings. The average molecular weight is 368 g/mol. The number of rotatable bonds is 7. The van der Waals surface area contributed by atoms with Crippen molar-refractivity contribution in [1.29, 1.82) is 0 Å². The summed E-state index contributed by atoms with van der Waals surface area (Å²) in [5.41, 5.74) is 0.938. The molecule has 1 N–H and O–H groups in total. The first kappa shape index (κ1) is 19.7. The Hall–Kier alpha value is -1.63. The lowest BCUT2D eigenvalue weighted by atomic mass is 10.1. The minimum atomic E-state index is -0.530. The molecule has 1 aliphatic heterocycles. The molecule has 2 rings (SSSR count). The number of hydrogen-bond donors (Lipinski definition) is 1. The van der Waals surface area contributed by atoms with Gasteiger partial charge in [-0.05, 0) is 24.6 Å². The number of carbonyl (C=O) groups excluding carboxylic acids is 2. The molecular weight excluding hydrogens is 342 g/mol. The number of nitrogens with one attached hydrogen (secondary N) is 1. The van der Waals surface area contributed by atoms with Gasteiger partial charge >= 0.3 is 0 Å². The first-order valence-corrected chi connectivity index (χ1v) is 8.94. The molecule has 0 saturated carbocycles. The molecule has 138 valence electrons. The van der Waals surface area contributed by atoms with Crippen molar-refractivity contribution < 1.29 is 14.3 Å². The van der Waals surface area contributed by atoms with Crippen LogP contribution in [0.15, 0.2) is 24.3 Å². The summed E-state index contributed by atoms with van der Waals surface area (Å²) in [6.07, 6.45) is 0. The van der Waals surface area contributed by atoms with Crippen molar-refractivity contribution in [3.05, 3.63) is 34.9 Å². The van der Waals surface area contributed by atoms with Crippen LogP contribution in [0.3, 0.4) is 0 Å². The smallest absolute Gasteiger partial charge is 0.242 e. The first-order valence-electron chi connectivity index (χ1n) is 8.57. The van der Waals surface area contributed by atoms with E-state index in [9.17, 15) is 9.59 Å². The molecule has 1 heterocycles. The summed E-state index contributed by atoms with van der Waals surface area (Å²) >= 11 is 5.89. The maximum Gasteiger partial charge on any atom is 0.242 e. The second-order valence-corrected chi connectivity index (χ2v) is 6.63. The van der Waals surface area contributed by atoms with Crippen LogP contribution in [0.2, 0.25) is 5.02 Å². The molecule has 0 aliphatic carbocycles. The molecule has 6 nitrogen and oxygen atoms in total. The maximum atomic E-state index is 12.4. The van der Waals surface area contributed by atoms with Crippen LogP contribution in [-0.2, 0) is 20.9 Å². The van der Waals surface area contributed by atoms with Gasteiger partial charge in [-0.25, -0.2) is 0 Å². The van der Waals surface area contributed by atoms with Gasteiger partial charge in [-0.1, -0.05) is 23.7 Å². The Morgan fingerprint density at radius 3 is 2.52 bits per heavy atom. The summed E-state index contributed by atoms with van der Waals surface area (Å²) in [6.45, 7) is 8.23. The summed E-state index contributed by atoms with van der Waals surface area (Å²) in [6, 6.07) is 6.76. The third kappa shape index (κ3) is 6.30. The second-order valence-electron chi connectivity index (χ2n) is 6.19. The van der Waals surface area contributed by atoms with Crippen LogP contribution in [0.1, 0.15) is 19.4 Å². The van der Waals surface area contributed by atoms with Crippen LogP contribution in [0.4, 0.5) is 0 Å². The zero-order valence-corrected chi connectivity index (χ0v) is 15.6. The van der Waals surface area contributed by atoms with Crippen molar-refractivity contribution in [3.8, 4) is 0 Å². The third-order valence-electron chi connectivity index (χ3n) is 4.35. The van der Waals surface area contributed by atoms with Gasteiger partial charge in [0.1, 0.15) is 6.04 Å². The van der Waals surface area contributed by atoms with Crippen molar-refractivity contribution in [3.63, 3.8) is 0 Å². The van der Waals surface area contributed by atoms with Crippen molar-refractivity contribution >= 4 is 23.4 Å².